The molecular formula is C10H8F2O5. The van der Waals surface area contributed by atoms with Crippen LogP contribution in [0.4, 0.5) is 8.78 Å². The Morgan fingerprint density at radius 1 is 1.35 bits per heavy atom. The summed E-state index contributed by atoms with van der Waals surface area (Å²) >= 11 is 0. The van der Waals surface area contributed by atoms with Crippen LogP contribution in [0.15, 0.2) is 24.3 Å². The molecule has 0 unspecified atom stereocenters. The summed E-state index contributed by atoms with van der Waals surface area (Å²) in [6, 6.07) is 4.64. The van der Waals surface area contributed by atoms with Crippen molar-refractivity contribution in [1.29, 1.82) is 0 Å². The van der Waals surface area contributed by atoms with Crippen LogP contribution in [-0.4, -0.2) is 30.3 Å². The molecule has 0 saturated heterocycles. The van der Waals surface area contributed by atoms with Crippen LogP contribution >= 0.6 is 0 Å². The second kappa shape index (κ2) is 4.77. The van der Waals surface area contributed by atoms with E-state index in [0.29, 0.717) is 0 Å². The van der Waals surface area contributed by atoms with Gasteiger partial charge in [0.25, 0.3) is 0 Å². The van der Waals surface area contributed by atoms with Gasteiger partial charge in [-0.05, 0) is 18.2 Å². The Morgan fingerprint density at radius 2 is 2.00 bits per heavy atom. The Morgan fingerprint density at radius 3 is 2.53 bits per heavy atom. The maximum absolute atomic E-state index is 12.7. The van der Waals surface area contributed by atoms with Gasteiger partial charge in [-0.15, -0.1) is 0 Å². The van der Waals surface area contributed by atoms with Crippen LogP contribution in [0.25, 0.3) is 0 Å². The number of esters is 1. The van der Waals surface area contributed by atoms with Gasteiger partial charge in [-0.1, -0.05) is 6.07 Å². The molecule has 5 nitrogen and oxygen atoms in total. The van der Waals surface area contributed by atoms with Gasteiger partial charge >= 0.3 is 18.0 Å². The molecule has 1 aromatic rings. The average molecular weight is 246 g/mol. The number of benzene rings is 1. The first kappa shape index (κ1) is 12.9. The highest BCUT2D eigenvalue weighted by Gasteiger charge is 2.42. The third-order valence-corrected chi connectivity index (χ3v) is 1.75. The number of carboxylic acids is 1. The number of carbonyl (C=O) groups is 2. The largest absolute Gasteiger partial charge is 0.501 e. The molecule has 0 atom stereocenters. The molecule has 0 saturated carbocycles. The first-order chi connectivity index (χ1) is 7.86. The van der Waals surface area contributed by atoms with Crippen LogP contribution in [0, 0.1) is 0 Å². The topological polar surface area (TPSA) is 72.8 Å². The van der Waals surface area contributed by atoms with Crippen LogP contribution in [-0.2, 0) is 9.53 Å². The maximum atomic E-state index is 12.7. The molecule has 0 aliphatic carbocycles. The number of halogens is 2. The van der Waals surface area contributed by atoms with Crippen molar-refractivity contribution in [3.8, 4) is 5.75 Å². The molecule has 0 spiro atoms. The number of carboxylic acid groups (broad SMARTS) is 1. The normalized spacial score (nSPS) is 10.8. The first-order valence-electron chi connectivity index (χ1n) is 4.35. The van der Waals surface area contributed by atoms with Gasteiger partial charge < -0.3 is 14.6 Å². The highest BCUT2D eigenvalue weighted by atomic mass is 19.3. The lowest BCUT2D eigenvalue weighted by Gasteiger charge is -2.13. The van der Waals surface area contributed by atoms with E-state index in [9.17, 15) is 18.4 Å². The monoisotopic (exact) mass is 246 g/mol. The second-order valence-corrected chi connectivity index (χ2v) is 2.94. The van der Waals surface area contributed by atoms with E-state index < -0.39 is 23.8 Å². The van der Waals surface area contributed by atoms with Crippen molar-refractivity contribution >= 4 is 11.9 Å². The number of ether oxygens (including phenoxy) is 2. The molecular weight excluding hydrogens is 238 g/mol. The van der Waals surface area contributed by atoms with Crippen molar-refractivity contribution in [3.63, 3.8) is 0 Å². The van der Waals surface area contributed by atoms with Crippen molar-refractivity contribution in [3.05, 3.63) is 29.8 Å². The van der Waals surface area contributed by atoms with Crippen molar-refractivity contribution in [2.75, 3.05) is 7.11 Å². The van der Waals surface area contributed by atoms with E-state index in [4.69, 9.17) is 5.11 Å². The molecule has 1 N–H and O–H groups in total. The van der Waals surface area contributed by atoms with Crippen LogP contribution in [0.1, 0.15) is 10.4 Å². The molecule has 0 radical (unpaired) electrons. The van der Waals surface area contributed by atoms with Crippen molar-refractivity contribution in [2.45, 2.75) is 6.11 Å². The van der Waals surface area contributed by atoms with Crippen LogP contribution in [0.5, 0.6) is 5.75 Å². The van der Waals surface area contributed by atoms with Gasteiger partial charge in [0.05, 0.1) is 12.7 Å². The van der Waals surface area contributed by atoms with Gasteiger partial charge in [-0.2, -0.15) is 8.78 Å². The summed E-state index contributed by atoms with van der Waals surface area (Å²) in [5.41, 5.74) is -0.0220. The molecule has 1 rings (SSSR count). The minimum Gasteiger partial charge on any atom is -0.474 e. The SMILES string of the molecule is COC(=O)c1cccc(OC(F)(F)C(=O)O)c1. The zero-order valence-electron chi connectivity index (χ0n) is 8.65. The van der Waals surface area contributed by atoms with Crippen molar-refractivity contribution < 1.29 is 33.0 Å². The van der Waals surface area contributed by atoms with E-state index in [-0.39, 0.29) is 5.56 Å². The predicted octanol–water partition coefficient (Wildman–Crippen LogP) is 1.53. The van der Waals surface area contributed by atoms with Crippen molar-refractivity contribution in [1.82, 2.24) is 0 Å². The fraction of sp³-hybridized carbons (Fsp3) is 0.200. The summed E-state index contributed by atoms with van der Waals surface area (Å²) in [6.45, 7) is 0. The lowest BCUT2D eigenvalue weighted by Crippen LogP contribution is -2.34. The van der Waals surface area contributed by atoms with E-state index >= 15 is 0 Å². The molecule has 17 heavy (non-hydrogen) atoms. The second-order valence-electron chi connectivity index (χ2n) is 2.94. The summed E-state index contributed by atoms with van der Waals surface area (Å²) in [5, 5.41) is 8.16. The average Bonchev–Trinajstić information content (AvgIpc) is 2.27. The number of carbonyl (C=O) groups excluding carboxylic acids is 1. The predicted molar refractivity (Wildman–Crippen MR) is 51.0 cm³/mol. The molecule has 7 heteroatoms. The fourth-order valence-electron chi connectivity index (χ4n) is 0.996. The van der Waals surface area contributed by atoms with Gasteiger partial charge in [-0.3, -0.25) is 0 Å². The zero-order valence-corrected chi connectivity index (χ0v) is 8.65. The molecule has 0 aliphatic rings. The summed E-state index contributed by atoms with van der Waals surface area (Å²) in [6.07, 6.45) is -4.35. The molecule has 1 aromatic carbocycles. The molecule has 0 aromatic heterocycles. The van der Waals surface area contributed by atoms with E-state index in [1.54, 1.807) is 0 Å². The summed E-state index contributed by atoms with van der Waals surface area (Å²) in [5.74, 6) is -3.60. The third kappa shape index (κ3) is 3.13. The Hall–Kier alpha value is -2.18. The summed E-state index contributed by atoms with van der Waals surface area (Å²) in [7, 11) is 1.13. The van der Waals surface area contributed by atoms with Gasteiger partial charge in [0.15, 0.2) is 0 Å². The Balaban J connectivity index is 2.93. The molecule has 92 valence electrons. The zero-order chi connectivity index (χ0) is 13.1. The number of rotatable bonds is 4. The van der Waals surface area contributed by atoms with Crippen LogP contribution in [0.3, 0.4) is 0 Å². The third-order valence-electron chi connectivity index (χ3n) is 1.75. The van der Waals surface area contributed by atoms with Gasteiger partial charge in [0.1, 0.15) is 5.75 Å². The van der Waals surface area contributed by atoms with Crippen LogP contribution in [0.2, 0.25) is 0 Å². The Labute approximate surface area is 94.6 Å². The van der Waals surface area contributed by atoms with Gasteiger partial charge in [-0.25, -0.2) is 9.59 Å². The van der Waals surface area contributed by atoms with Crippen LogP contribution < -0.4 is 4.74 Å². The summed E-state index contributed by atoms with van der Waals surface area (Å²) in [4.78, 5) is 21.2. The quantitative estimate of drug-likeness (QED) is 0.815. The molecule has 0 amide bonds. The van der Waals surface area contributed by atoms with Gasteiger partial charge in [0, 0.05) is 0 Å². The minimum absolute atomic E-state index is 0.0220. The minimum atomic E-state index is -4.35. The lowest BCUT2D eigenvalue weighted by atomic mass is 10.2. The number of methoxy groups -OCH3 is 1. The van der Waals surface area contributed by atoms with E-state index in [0.717, 1.165) is 19.2 Å². The number of alkyl halides is 2. The Bertz CT molecular complexity index is 444. The smallest absolute Gasteiger partial charge is 0.474 e. The standard InChI is InChI=1S/C10H8F2O5/c1-16-8(13)6-3-2-4-7(5-6)17-10(11,12)9(14)15/h2-5H,1H3,(H,14,15). The van der Waals surface area contributed by atoms with Crippen molar-refractivity contribution in [2.24, 2.45) is 0 Å². The first-order valence-corrected chi connectivity index (χ1v) is 4.35. The highest BCUT2D eigenvalue weighted by molar-refractivity contribution is 5.89. The molecule has 0 fully saturated rings. The maximum Gasteiger partial charge on any atom is 0.501 e. The molecule has 0 aliphatic heterocycles. The van der Waals surface area contributed by atoms with Gasteiger partial charge in [0.2, 0.25) is 0 Å². The number of hydrogen-bond acceptors (Lipinski definition) is 4. The molecule has 0 bridgehead atoms. The number of hydrogen-bond donors (Lipinski definition) is 1. The lowest BCUT2D eigenvalue weighted by molar-refractivity contribution is -0.210. The fourth-order valence-corrected chi connectivity index (χ4v) is 0.996. The number of aliphatic carboxylic acids is 1. The van der Waals surface area contributed by atoms with E-state index in [1.807, 2.05) is 0 Å². The van der Waals surface area contributed by atoms with E-state index in [1.165, 1.54) is 12.1 Å². The molecule has 0 heterocycles. The Kier molecular flexibility index (Phi) is 3.62. The van der Waals surface area contributed by atoms with E-state index in [2.05, 4.69) is 9.47 Å². The summed E-state index contributed by atoms with van der Waals surface area (Å²) < 4.78 is 33.7. The highest BCUT2D eigenvalue weighted by Crippen LogP contribution is 2.22.